The zero-order valence-electron chi connectivity index (χ0n) is 12.7. The van der Waals surface area contributed by atoms with Crippen molar-refractivity contribution in [3.63, 3.8) is 0 Å². The lowest BCUT2D eigenvalue weighted by atomic mass is 10.2. The first-order valence-electron chi connectivity index (χ1n) is 7.11. The molecule has 5 nitrogen and oxygen atoms in total. The van der Waals surface area contributed by atoms with Crippen molar-refractivity contribution < 1.29 is 4.79 Å². The third-order valence-corrected chi connectivity index (χ3v) is 3.74. The molecule has 0 aliphatic carbocycles. The van der Waals surface area contributed by atoms with Crippen LogP contribution in [0.15, 0.2) is 48.7 Å². The van der Waals surface area contributed by atoms with Crippen LogP contribution < -0.4 is 5.32 Å². The quantitative estimate of drug-likeness (QED) is 0.796. The third kappa shape index (κ3) is 3.10. The lowest BCUT2D eigenvalue weighted by Crippen LogP contribution is -2.14. The minimum absolute atomic E-state index is 0.277. The molecule has 2 heterocycles. The molecule has 0 saturated carbocycles. The van der Waals surface area contributed by atoms with Gasteiger partial charge in [0.15, 0.2) is 0 Å². The van der Waals surface area contributed by atoms with E-state index in [1.165, 1.54) is 0 Å². The molecule has 0 unspecified atom stereocenters. The summed E-state index contributed by atoms with van der Waals surface area (Å²) < 4.78 is 1.55. The standard InChI is InChI=1S/C17H15ClN4O/c1-11-8-9-19-14(10-11)20-17(23)15-12(2)21-22(16(15)18)13-6-4-3-5-7-13/h3-10H,1-2H3,(H,19,20,23). The van der Waals surface area contributed by atoms with Gasteiger partial charge in [-0.25, -0.2) is 9.67 Å². The molecule has 0 fully saturated rings. The predicted octanol–water partition coefficient (Wildman–Crippen LogP) is 3.79. The van der Waals surface area contributed by atoms with Crippen LogP contribution in [0.25, 0.3) is 5.69 Å². The smallest absolute Gasteiger partial charge is 0.261 e. The maximum atomic E-state index is 12.5. The first-order chi connectivity index (χ1) is 11.1. The summed E-state index contributed by atoms with van der Waals surface area (Å²) in [4.78, 5) is 16.6. The van der Waals surface area contributed by atoms with Crippen molar-refractivity contribution in [2.75, 3.05) is 5.32 Å². The van der Waals surface area contributed by atoms with E-state index in [1.807, 2.05) is 43.3 Å². The average molecular weight is 327 g/mol. The molecule has 1 amide bonds. The summed E-state index contributed by atoms with van der Waals surface area (Å²) >= 11 is 6.38. The number of halogens is 1. The Labute approximate surface area is 138 Å². The summed E-state index contributed by atoms with van der Waals surface area (Å²) in [5.41, 5.74) is 2.72. The van der Waals surface area contributed by atoms with E-state index < -0.39 is 0 Å². The Morgan fingerprint density at radius 3 is 2.61 bits per heavy atom. The minimum Gasteiger partial charge on any atom is -0.306 e. The van der Waals surface area contributed by atoms with Gasteiger partial charge >= 0.3 is 0 Å². The van der Waals surface area contributed by atoms with Gasteiger partial charge in [0.1, 0.15) is 16.5 Å². The molecular weight excluding hydrogens is 312 g/mol. The Hall–Kier alpha value is -2.66. The molecule has 3 rings (SSSR count). The molecule has 6 heteroatoms. The van der Waals surface area contributed by atoms with Crippen molar-refractivity contribution >= 4 is 23.3 Å². The summed E-state index contributed by atoms with van der Waals surface area (Å²) in [5, 5.41) is 7.40. The molecule has 23 heavy (non-hydrogen) atoms. The highest BCUT2D eigenvalue weighted by Crippen LogP contribution is 2.24. The number of para-hydroxylation sites is 1. The van der Waals surface area contributed by atoms with Crippen molar-refractivity contribution in [1.82, 2.24) is 14.8 Å². The van der Waals surface area contributed by atoms with Gasteiger partial charge in [-0.1, -0.05) is 29.8 Å². The van der Waals surface area contributed by atoms with E-state index in [2.05, 4.69) is 15.4 Å². The van der Waals surface area contributed by atoms with Gasteiger partial charge in [0, 0.05) is 6.20 Å². The molecule has 3 aromatic rings. The maximum Gasteiger partial charge on any atom is 0.261 e. The number of carbonyl (C=O) groups excluding carboxylic acids is 1. The van der Waals surface area contributed by atoms with Crippen LogP contribution in [0.2, 0.25) is 5.15 Å². The van der Waals surface area contributed by atoms with E-state index in [1.54, 1.807) is 23.9 Å². The summed E-state index contributed by atoms with van der Waals surface area (Å²) in [6.07, 6.45) is 1.65. The molecule has 0 bridgehead atoms. The number of anilines is 1. The van der Waals surface area contributed by atoms with Crippen molar-refractivity contribution in [2.45, 2.75) is 13.8 Å². The fourth-order valence-corrected chi connectivity index (χ4v) is 2.64. The second-order valence-electron chi connectivity index (χ2n) is 5.17. The zero-order valence-corrected chi connectivity index (χ0v) is 13.5. The molecule has 1 aromatic carbocycles. The van der Waals surface area contributed by atoms with E-state index >= 15 is 0 Å². The summed E-state index contributed by atoms with van der Waals surface area (Å²) in [5.74, 6) is 0.158. The number of pyridine rings is 1. The molecule has 2 aromatic heterocycles. The highest BCUT2D eigenvalue weighted by atomic mass is 35.5. The van der Waals surface area contributed by atoms with E-state index in [-0.39, 0.29) is 11.1 Å². The van der Waals surface area contributed by atoms with Crippen LogP contribution in [0.4, 0.5) is 5.82 Å². The normalized spacial score (nSPS) is 10.6. The van der Waals surface area contributed by atoms with Gasteiger partial charge in [-0.2, -0.15) is 5.10 Å². The largest absolute Gasteiger partial charge is 0.306 e. The third-order valence-electron chi connectivity index (χ3n) is 3.39. The number of aryl methyl sites for hydroxylation is 2. The van der Waals surface area contributed by atoms with Crippen molar-refractivity contribution in [1.29, 1.82) is 0 Å². The number of nitrogens with zero attached hydrogens (tertiary/aromatic N) is 3. The lowest BCUT2D eigenvalue weighted by Gasteiger charge is -2.05. The second kappa shape index (κ2) is 6.22. The number of amides is 1. The topological polar surface area (TPSA) is 59.8 Å². The highest BCUT2D eigenvalue weighted by Gasteiger charge is 2.21. The number of nitrogens with one attached hydrogen (secondary N) is 1. The molecular formula is C17H15ClN4O. The van der Waals surface area contributed by atoms with Gasteiger partial charge in [-0.3, -0.25) is 4.79 Å². The van der Waals surface area contributed by atoms with Crippen molar-refractivity contribution in [3.8, 4) is 5.69 Å². The minimum atomic E-state index is -0.326. The predicted molar refractivity (Wildman–Crippen MR) is 90.2 cm³/mol. The number of hydrogen-bond donors (Lipinski definition) is 1. The van der Waals surface area contributed by atoms with Crippen LogP contribution in [0.3, 0.4) is 0 Å². The maximum absolute atomic E-state index is 12.5. The second-order valence-corrected chi connectivity index (χ2v) is 5.53. The van der Waals surface area contributed by atoms with Crippen LogP contribution in [-0.2, 0) is 0 Å². The van der Waals surface area contributed by atoms with Gasteiger partial charge in [0.05, 0.1) is 11.4 Å². The number of aromatic nitrogens is 3. The highest BCUT2D eigenvalue weighted by molar-refractivity contribution is 6.34. The molecule has 0 aliphatic rings. The molecule has 0 spiro atoms. The summed E-state index contributed by atoms with van der Waals surface area (Å²) in [6.45, 7) is 3.69. The van der Waals surface area contributed by atoms with Crippen LogP contribution >= 0.6 is 11.6 Å². The van der Waals surface area contributed by atoms with Crippen molar-refractivity contribution in [2.24, 2.45) is 0 Å². The average Bonchev–Trinajstić information content (AvgIpc) is 2.83. The van der Waals surface area contributed by atoms with Gasteiger partial charge in [-0.05, 0) is 43.7 Å². The van der Waals surface area contributed by atoms with E-state index in [0.717, 1.165) is 11.3 Å². The number of benzene rings is 1. The van der Waals surface area contributed by atoms with Crippen LogP contribution in [0.5, 0.6) is 0 Å². The number of hydrogen-bond acceptors (Lipinski definition) is 3. The fourth-order valence-electron chi connectivity index (χ4n) is 2.28. The first kappa shape index (κ1) is 15.2. The van der Waals surface area contributed by atoms with Crippen LogP contribution in [0.1, 0.15) is 21.6 Å². The monoisotopic (exact) mass is 326 g/mol. The number of rotatable bonds is 3. The van der Waals surface area contributed by atoms with Crippen LogP contribution in [0, 0.1) is 13.8 Å². The SMILES string of the molecule is Cc1ccnc(NC(=O)c2c(C)nn(-c3ccccc3)c2Cl)c1. The van der Waals surface area contributed by atoms with E-state index in [0.29, 0.717) is 17.1 Å². The molecule has 0 atom stereocenters. The Morgan fingerprint density at radius 1 is 1.17 bits per heavy atom. The first-order valence-corrected chi connectivity index (χ1v) is 7.48. The zero-order chi connectivity index (χ0) is 16.4. The van der Waals surface area contributed by atoms with Gasteiger partial charge in [-0.15, -0.1) is 0 Å². The lowest BCUT2D eigenvalue weighted by molar-refractivity contribution is 0.102. The fraction of sp³-hybridized carbons (Fsp3) is 0.118. The Balaban J connectivity index is 1.94. The Kier molecular flexibility index (Phi) is 4.12. The summed E-state index contributed by atoms with van der Waals surface area (Å²) in [6, 6.07) is 13.1. The molecule has 116 valence electrons. The number of carbonyl (C=O) groups is 1. The van der Waals surface area contributed by atoms with Gasteiger partial charge in [0.25, 0.3) is 5.91 Å². The Morgan fingerprint density at radius 2 is 1.91 bits per heavy atom. The van der Waals surface area contributed by atoms with Gasteiger partial charge in [0.2, 0.25) is 0 Å². The molecule has 1 N–H and O–H groups in total. The molecule has 0 radical (unpaired) electrons. The molecule has 0 aliphatic heterocycles. The van der Waals surface area contributed by atoms with E-state index in [9.17, 15) is 4.79 Å². The Bertz CT molecular complexity index is 858. The van der Waals surface area contributed by atoms with E-state index in [4.69, 9.17) is 11.6 Å². The van der Waals surface area contributed by atoms with Crippen LogP contribution in [-0.4, -0.2) is 20.7 Å². The molecule has 0 saturated heterocycles. The van der Waals surface area contributed by atoms with Gasteiger partial charge < -0.3 is 5.32 Å². The summed E-state index contributed by atoms with van der Waals surface area (Å²) in [7, 11) is 0. The van der Waals surface area contributed by atoms with Crippen molar-refractivity contribution in [3.05, 3.63) is 70.6 Å².